The van der Waals surface area contributed by atoms with Gasteiger partial charge in [-0.1, -0.05) is 0 Å². The maximum atomic E-state index is 12.9. The van der Waals surface area contributed by atoms with Crippen LogP contribution >= 0.6 is 11.3 Å². The first kappa shape index (κ1) is 20.0. The molecule has 1 unspecified atom stereocenters. The van der Waals surface area contributed by atoms with Gasteiger partial charge >= 0.3 is 0 Å². The van der Waals surface area contributed by atoms with E-state index in [0.717, 1.165) is 27.5 Å². The van der Waals surface area contributed by atoms with E-state index in [1.807, 2.05) is 39.8 Å². The zero-order chi connectivity index (χ0) is 19.8. The van der Waals surface area contributed by atoms with E-state index >= 15 is 0 Å². The molecule has 3 rings (SSSR count). The molecule has 0 saturated carbocycles. The van der Waals surface area contributed by atoms with E-state index in [4.69, 9.17) is 0 Å². The SMILES string of the molecule is Cc1cc(C)c(NC(=O)C2CCCN(S(=O)(=O)c3ccc(C)s3)C2)c(C)n1. The summed E-state index contributed by atoms with van der Waals surface area (Å²) < 4.78 is 27.5. The fourth-order valence-corrected chi connectivity index (χ4v) is 6.45. The molecule has 8 heteroatoms. The van der Waals surface area contributed by atoms with Gasteiger partial charge in [-0.2, -0.15) is 4.31 Å². The number of thiophene rings is 1. The third kappa shape index (κ3) is 4.23. The predicted molar refractivity (Wildman–Crippen MR) is 108 cm³/mol. The molecule has 6 nitrogen and oxygen atoms in total. The normalized spacial score (nSPS) is 18.4. The monoisotopic (exact) mass is 407 g/mol. The molecule has 2 aromatic rings. The van der Waals surface area contributed by atoms with Crippen LogP contribution in [0.5, 0.6) is 0 Å². The molecule has 0 aromatic carbocycles. The van der Waals surface area contributed by atoms with Crippen molar-refractivity contribution in [3.63, 3.8) is 0 Å². The third-order valence-electron chi connectivity index (χ3n) is 4.84. The van der Waals surface area contributed by atoms with Gasteiger partial charge in [-0.25, -0.2) is 8.42 Å². The van der Waals surface area contributed by atoms with Crippen LogP contribution in [-0.4, -0.2) is 36.7 Å². The summed E-state index contributed by atoms with van der Waals surface area (Å²) in [5.41, 5.74) is 3.36. The first-order valence-corrected chi connectivity index (χ1v) is 11.3. The second-order valence-electron chi connectivity index (χ2n) is 7.10. The van der Waals surface area contributed by atoms with Gasteiger partial charge < -0.3 is 5.32 Å². The van der Waals surface area contributed by atoms with E-state index in [1.54, 1.807) is 6.07 Å². The van der Waals surface area contributed by atoms with Crippen molar-refractivity contribution in [2.45, 2.75) is 44.7 Å². The molecule has 1 aliphatic rings. The van der Waals surface area contributed by atoms with E-state index < -0.39 is 10.0 Å². The van der Waals surface area contributed by atoms with E-state index in [9.17, 15) is 13.2 Å². The lowest BCUT2D eigenvalue weighted by atomic mass is 9.98. The van der Waals surface area contributed by atoms with Gasteiger partial charge in [-0.3, -0.25) is 9.78 Å². The van der Waals surface area contributed by atoms with Crippen LogP contribution in [-0.2, 0) is 14.8 Å². The lowest BCUT2D eigenvalue weighted by Crippen LogP contribution is -2.43. The van der Waals surface area contributed by atoms with Gasteiger partial charge in [-0.15, -0.1) is 11.3 Å². The highest BCUT2D eigenvalue weighted by atomic mass is 32.2. The molecule has 1 atom stereocenters. The molecule has 1 amide bonds. The number of aryl methyl sites for hydroxylation is 4. The Hall–Kier alpha value is -1.77. The lowest BCUT2D eigenvalue weighted by molar-refractivity contribution is -0.120. The Morgan fingerprint density at radius 2 is 2.00 bits per heavy atom. The Kier molecular flexibility index (Phi) is 5.69. The number of sulfonamides is 1. The third-order valence-corrected chi connectivity index (χ3v) is 8.17. The Labute approximate surface area is 164 Å². The number of carbonyl (C=O) groups excluding carboxylic acids is 1. The first-order valence-electron chi connectivity index (χ1n) is 9.01. The quantitative estimate of drug-likeness (QED) is 0.842. The molecule has 1 N–H and O–H groups in total. The van der Waals surface area contributed by atoms with Crippen molar-refractivity contribution in [3.8, 4) is 0 Å². The molecule has 0 aliphatic carbocycles. The summed E-state index contributed by atoms with van der Waals surface area (Å²) in [5.74, 6) is -0.510. The zero-order valence-electron chi connectivity index (χ0n) is 16.1. The molecule has 0 radical (unpaired) electrons. The summed E-state index contributed by atoms with van der Waals surface area (Å²) in [5, 5.41) is 2.97. The number of piperidine rings is 1. The first-order chi connectivity index (χ1) is 12.7. The van der Waals surface area contributed by atoms with Gasteiger partial charge in [0.2, 0.25) is 5.91 Å². The van der Waals surface area contributed by atoms with Crippen LogP contribution in [0, 0.1) is 33.6 Å². The second-order valence-corrected chi connectivity index (χ2v) is 10.6. The average molecular weight is 408 g/mol. The highest BCUT2D eigenvalue weighted by Gasteiger charge is 2.34. The summed E-state index contributed by atoms with van der Waals surface area (Å²) >= 11 is 1.27. The minimum Gasteiger partial charge on any atom is -0.324 e. The number of carbonyl (C=O) groups is 1. The van der Waals surface area contributed by atoms with Gasteiger partial charge in [-0.05, 0) is 64.3 Å². The van der Waals surface area contributed by atoms with Crippen molar-refractivity contribution in [1.82, 2.24) is 9.29 Å². The standard InChI is InChI=1S/C19H25N3O3S2/c1-12-10-13(2)20-15(4)18(12)21-19(23)16-6-5-9-22(11-16)27(24,25)17-8-7-14(3)26-17/h7-8,10,16H,5-6,9,11H2,1-4H3,(H,21,23). The number of hydrogen-bond acceptors (Lipinski definition) is 5. The van der Waals surface area contributed by atoms with Gasteiger partial charge in [0.1, 0.15) is 4.21 Å². The summed E-state index contributed by atoms with van der Waals surface area (Å²) in [4.78, 5) is 18.2. The van der Waals surface area contributed by atoms with Crippen molar-refractivity contribution in [2.75, 3.05) is 18.4 Å². The summed E-state index contributed by atoms with van der Waals surface area (Å²) in [6.45, 7) is 8.27. The molecule has 0 bridgehead atoms. The van der Waals surface area contributed by atoms with E-state index in [1.165, 1.54) is 15.6 Å². The minimum atomic E-state index is -3.54. The number of pyridine rings is 1. The number of nitrogens with one attached hydrogen (secondary N) is 1. The average Bonchev–Trinajstić information content (AvgIpc) is 3.05. The molecule has 1 aliphatic heterocycles. The van der Waals surface area contributed by atoms with E-state index in [-0.39, 0.29) is 18.4 Å². The van der Waals surface area contributed by atoms with Gasteiger partial charge in [0.05, 0.1) is 17.3 Å². The Morgan fingerprint density at radius 1 is 1.26 bits per heavy atom. The number of amides is 1. The maximum Gasteiger partial charge on any atom is 0.252 e. The molecular formula is C19H25N3O3S2. The molecule has 0 spiro atoms. The zero-order valence-corrected chi connectivity index (χ0v) is 17.7. The largest absolute Gasteiger partial charge is 0.324 e. The number of aromatic nitrogens is 1. The van der Waals surface area contributed by atoms with E-state index in [2.05, 4.69) is 10.3 Å². The smallest absolute Gasteiger partial charge is 0.252 e. The topological polar surface area (TPSA) is 79.4 Å². The van der Waals surface area contributed by atoms with Crippen molar-refractivity contribution in [1.29, 1.82) is 0 Å². The highest BCUT2D eigenvalue weighted by molar-refractivity contribution is 7.91. The van der Waals surface area contributed by atoms with Crippen LogP contribution in [0.3, 0.4) is 0 Å². The fraction of sp³-hybridized carbons (Fsp3) is 0.474. The lowest BCUT2D eigenvalue weighted by Gasteiger charge is -2.31. The molecule has 146 valence electrons. The molecule has 27 heavy (non-hydrogen) atoms. The van der Waals surface area contributed by atoms with Crippen LogP contribution in [0.2, 0.25) is 0 Å². The fourth-order valence-electron chi connectivity index (χ4n) is 3.49. The van der Waals surface area contributed by atoms with Crippen LogP contribution in [0.15, 0.2) is 22.4 Å². The number of anilines is 1. The maximum absolute atomic E-state index is 12.9. The Balaban J connectivity index is 1.75. The Morgan fingerprint density at radius 3 is 2.63 bits per heavy atom. The Bertz CT molecular complexity index is 943. The number of rotatable bonds is 4. The van der Waals surface area contributed by atoms with Crippen LogP contribution in [0.25, 0.3) is 0 Å². The van der Waals surface area contributed by atoms with Gasteiger partial charge in [0.25, 0.3) is 10.0 Å². The summed E-state index contributed by atoms with van der Waals surface area (Å²) in [7, 11) is -3.54. The molecule has 1 saturated heterocycles. The number of nitrogens with zero attached hydrogens (tertiary/aromatic N) is 2. The number of hydrogen-bond donors (Lipinski definition) is 1. The van der Waals surface area contributed by atoms with Gasteiger partial charge in [0, 0.05) is 23.7 Å². The highest BCUT2D eigenvalue weighted by Crippen LogP contribution is 2.29. The predicted octanol–water partition coefficient (Wildman–Crippen LogP) is 3.42. The molecule has 1 fully saturated rings. The van der Waals surface area contributed by atoms with Crippen molar-refractivity contribution >= 4 is 33.0 Å². The molecule has 3 heterocycles. The van der Waals surface area contributed by atoms with Gasteiger partial charge in [0.15, 0.2) is 0 Å². The van der Waals surface area contributed by atoms with E-state index in [0.29, 0.717) is 23.6 Å². The van der Waals surface area contributed by atoms with Crippen molar-refractivity contribution in [3.05, 3.63) is 40.0 Å². The van der Waals surface area contributed by atoms with Crippen LogP contribution < -0.4 is 5.32 Å². The van der Waals surface area contributed by atoms with Crippen LogP contribution in [0.4, 0.5) is 5.69 Å². The minimum absolute atomic E-state index is 0.144. The molecular weight excluding hydrogens is 382 g/mol. The van der Waals surface area contributed by atoms with Crippen molar-refractivity contribution < 1.29 is 13.2 Å². The molecule has 2 aromatic heterocycles. The second kappa shape index (κ2) is 7.69. The van der Waals surface area contributed by atoms with Crippen molar-refractivity contribution in [2.24, 2.45) is 5.92 Å². The summed E-state index contributed by atoms with van der Waals surface area (Å²) in [6, 6.07) is 5.38. The van der Waals surface area contributed by atoms with Crippen LogP contribution in [0.1, 0.15) is 34.7 Å². The summed E-state index contributed by atoms with van der Waals surface area (Å²) in [6.07, 6.45) is 1.35.